The summed E-state index contributed by atoms with van der Waals surface area (Å²) in [7, 11) is 4.09. The molecule has 1 fully saturated rings. The molecule has 0 unspecified atom stereocenters. The molecule has 0 N–H and O–H groups in total. The van der Waals surface area contributed by atoms with Crippen LogP contribution in [0, 0.1) is 6.92 Å². The fourth-order valence-electron chi connectivity index (χ4n) is 3.04. The molecule has 1 aliphatic rings. The number of rotatable bonds is 4. The van der Waals surface area contributed by atoms with Crippen LogP contribution in [0.1, 0.15) is 49.8 Å². The molecule has 0 aliphatic carbocycles. The fraction of sp³-hybridized carbons (Fsp3) is 0.688. The van der Waals surface area contributed by atoms with Crippen LogP contribution in [-0.4, -0.2) is 37.1 Å². The second-order valence-corrected chi connectivity index (χ2v) is 5.84. The summed E-state index contributed by atoms with van der Waals surface area (Å²) in [6.07, 6.45) is 7.31. The second kappa shape index (κ2) is 6.38. The summed E-state index contributed by atoms with van der Waals surface area (Å²) in [6.45, 7) is 6.95. The van der Waals surface area contributed by atoms with Crippen molar-refractivity contribution in [2.45, 2.75) is 45.6 Å². The zero-order valence-electron chi connectivity index (χ0n) is 12.8. The van der Waals surface area contributed by atoms with E-state index in [1.165, 1.54) is 49.9 Å². The number of pyridine rings is 1. The van der Waals surface area contributed by atoms with E-state index in [0.29, 0.717) is 6.04 Å². The van der Waals surface area contributed by atoms with Gasteiger partial charge in [-0.15, -0.1) is 0 Å². The molecule has 0 bridgehead atoms. The Labute approximate surface area is 117 Å². The number of anilines is 1. The first-order chi connectivity index (χ1) is 9.13. The Bertz CT molecular complexity index is 412. The third kappa shape index (κ3) is 3.27. The predicted octanol–water partition coefficient (Wildman–Crippen LogP) is 3.39. The first-order valence-corrected chi connectivity index (χ1v) is 7.51. The number of aromatic nitrogens is 1. The molecule has 3 heteroatoms. The molecule has 0 saturated carbocycles. The summed E-state index contributed by atoms with van der Waals surface area (Å²) in [5.41, 5.74) is 2.81. The maximum absolute atomic E-state index is 4.61. The van der Waals surface area contributed by atoms with Gasteiger partial charge in [0, 0.05) is 26.3 Å². The van der Waals surface area contributed by atoms with Gasteiger partial charge in [0.1, 0.15) is 5.82 Å². The summed E-state index contributed by atoms with van der Waals surface area (Å²) in [6, 6.07) is 2.80. The average Bonchev–Trinajstić information content (AvgIpc) is 2.40. The monoisotopic (exact) mass is 261 g/mol. The lowest BCUT2D eigenvalue weighted by atomic mass is 9.93. The molecule has 1 aliphatic heterocycles. The van der Waals surface area contributed by atoms with Crippen molar-refractivity contribution in [1.82, 2.24) is 9.88 Å². The number of nitrogens with zero attached hydrogens (tertiary/aromatic N) is 3. The average molecular weight is 261 g/mol. The minimum absolute atomic E-state index is 0.581. The van der Waals surface area contributed by atoms with E-state index in [4.69, 9.17) is 0 Å². The minimum atomic E-state index is 0.581. The molecule has 0 spiro atoms. The quantitative estimate of drug-likeness (QED) is 0.828. The van der Waals surface area contributed by atoms with E-state index >= 15 is 0 Å². The summed E-state index contributed by atoms with van der Waals surface area (Å²) < 4.78 is 0. The zero-order chi connectivity index (χ0) is 13.8. The Kier molecular flexibility index (Phi) is 4.81. The molecule has 0 aromatic carbocycles. The standard InChI is InChI=1S/C16H27N3/c1-5-9-19-10-7-6-8-15(19)14-12-17-16(18(3)4)11-13(14)2/h11-12,15H,5-10H2,1-4H3/t15-/m1/s1. The van der Waals surface area contributed by atoms with Crippen LogP contribution in [0.4, 0.5) is 5.82 Å². The van der Waals surface area contributed by atoms with Gasteiger partial charge in [-0.05, 0) is 56.5 Å². The smallest absolute Gasteiger partial charge is 0.128 e. The topological polar surface area (TPSA) is 19.4 Å². The van der Waals surface area contributed by atoms with Crippen LogP contribution in [0.3, 0.4) is 0 Å². The van der Waals surface area contributed by atoms with Crippen LogP contribution in [0.25, 0.3) is 0 Å². The van der Waals surface area contributed by atoms with Gasteiger partial charge in [0.2, 0.25) is 0 Å². The molecule has 0 radical (unpaired) electrons. The molecular formula is C16H27N3. The lowest BCUT2D eigenvalue weighted by Crippen LogP contribution is -2.34. The van der Waals surface area contributed by atoms with E-state index in [2.05, 4.69) is 40.9 Å². The summed E-state index contributed by atoms with van der Waals surface area (Å²) >= 11 is 0. The number of piperidine rings is 1. The highest BCUT2D eigenvalue weighted by atomic mass is 15.2. The van der Waals surface area contributed by atoms with Crippen molar-refractivity contribution in [3.8, 4) is 0 Å². The molecule has 0 amide bonds. The zero-order valence-corrected chi connectivity index (χ0v) is 12.8. The minimum Gasteiger partial charge on any atom is -0.363 e. The van der Waals surface area contributed by atoms with Crippen LogP contribution in [-0.2, 0) is 0 Å². The number of hydrogen-bond acceptors (Lipinski definition) is 3. The Morgan fingerprint density at radius 2 is 2.16 bits per heavy atom. The van der Waals surface area contributed by atoms with E-state index in [1.54, 1.807) is 0 Å². The SMILES string of the molecule is CCCN1CCCC[C@@H]1c1cnc(N(C)C)cc1C. The van der Waals surface area contributed by atoms with Gasteiger partial charge in [0.15, 0.2) is 0 Å². The highest BCUT2D eigenvalue weighted by Gasteiger charge is 2.24. The van der Waals surface area contributed by atoms with Gasteiger partial charge >= 0.3 is 0 Å². The molecule has 2 rings (SSSR count). The number of hydrogen-bond donors (Lipinski definition) is 0. The van der Waals surface area contributed by atoms with Gasteiger partial charge in [-0.3, -0.25) is 4.90 Å². The first-order valence-electron chi connectivity index (χ1n) is 7.51. The van der Waals surface area contributed by atoms with E-state index in [9.17, 15) is 0 Å². The summed E-state index contributed by atoms with van der Waals surface area (Å²) in [5.74, 6) is 1.05. The van der Waals surface area contributed by atoms with Crippen molar-refractivity contribution < 1.29 is 0 Å². The molecular weight excluding hydrogens is 234 g/mol. The van der Waals surface area contributed by atoms with Gasteiger partial charge in [-0.25, -0.2) is 4.98 Å². The van der Waals surface area contributed by atoms with Gasteiger partial charge in [-0.2, -0.15) is 0 Å². The molecule has 1 atom stereocenters. The first kappa shape index (κ1) is 14.3. The van der Waals surface area contributed by atoms with E-state index in [0.717, 1.165) is 5.82 Å². The normalized spacial score (nSPS) is 20.5. The van der Waals surface area contributed by atoms with Gasteiger partial charge in [0.25, 0.3) is 0 Å². The Morgan fingerprint density at radius 1 is 1.37 bits per heavy atom. The van der Waals surface area contributed by atoms with E-state index in [1.807, 2.05) is 14.1 Å². The fourth-order valence-corrected chi connectivity index (χ4v) is 3.04. The van der Waals surface area contributed by atoms with Crippen molar-refractivity contribution >= 4 is 5.82 Å². The van der Waals surface area contributed by atoms with Crippen molar-refractivity contribution in [3.05, 3.63) is 23.4 Å². The lowest BCUT2D eigenvalue weighted by Gasteiger charge is -2.36. The van der Waals surface area contributed by atoms with Crippen molar-refractivity contribution in [2.75, 3.05) is 32.1 Å². The van der Waals surface area contributed by atoms with Crippen LogP contribution in [0.5, 0.6) is 0 Å². The van der Waals surface area contributed by atoms with Crippen molar-refractivity contribution in [2.24, 2.45) is 0 Å². The maximum atomic E-state index is 4.61. The lowest BCUT2D eigenvalue weighted by molar-refractivity contribution is 0.148. The largest absolute Gasteiger partial charge is 0.363 e. The molecule has 2 heterocycles. The van der Waals surface area contributed by atoms with Crippen LogP contribution in [0.2, 0.25) is 0 Å². The van der Waals surface area contributed by atoms with Crippen molar-refractivity contribution in [1.29, 1.82) is 0 Å². The van der Waals surface area contributed by atoms with Crippen LogP contribution < -0.4 is 4.90 Å². The molecule has 3 nitrogen and oxygen atoms in total. The third-order valence-electron chi connectivity index (χ3n) is 4.08. The van der Waals surface area contributed by atoms with Crippen LogP contribution in [0.15, 0.2) is 12.3 Å². The third-order valence-corrected chi connectivity index (χ3v) is 4.08. The molecule has 19 heavy (non-hydrogen) atoms. The Morgan fingerprint density at radius 3 is 2.79 bits per heavy atom. The molecule has 106 valence electrons. The van der Waals surface area contributed by atoms with Crippen molar-refractivity contribution in [3.63, 3.8) is 0 Å². The van der Waals surface area contributed by atoms with Gasteiger partial charge in [-0.1, -0.05) is 13.3 Å². The van der Waals surface area contributed by atoms with E-state index in [-0.39, 0.29) is 0 Å². The Hall–Kier alpha value is -1.09. The molecule has 1 saturated heterocycles. The van der Waals surface area contributed by atoms with Crippen LogP contribution >= 0.6 is 0 Å². The highest BCUT2D eigenvalue weighted by molar-refractivity contribution is 5.42. The van der Waals surface area contributed by atoms with Gasteiger partial charge in [0.05, 0.1) is 0 Å². The molecule has 1 aromatic rings. The number of aryl methyl sites for hydroxylation is 1. The molecule has 1 aromatic heterocycles. The van der Waals surface area contributed by atoms with Gasteiger partial charge < -0.3 is 4.90 Å². The highest BCUT2D eigenvalue weighted by Crippen LogP contribution is 2.33. The number of likely N-dealkylation sites (tertiary alicyclic amines) is 1. The summed E-state index contributed by atoms with van der Waals surface area (Å²) in [5, 5.41) is 0. The predicted molar refractivity (Wildman–Crippen MR) is 81.8 cm³/mol. The maximum Gasteiger partial charge on any atom is 0.128 e. The summed E-state index contributed by atoms with van der Waals surface area (Å²) in [4.78, 5) is 9.32. The van der Waals surface area contributed by atoms with E-state index < -0.39 is 0 Å². The Balaban J connectivity index is 2.23. The second-order valence-electron chi connectivity index (χ2n) is 5.84.